The van der Waals surface area contributed by atoms with Crippen LogP contribution in [0.4, 0.5) is 23.4 Å². The van der Waals surface area contributed by atoms with Gasteiger partial charge in [0.2, 0.25) is 11.7 Å². The monoisotopic (exact) mass is 321 g/mol. The summed E-state index contributed by atoms with van der Waals surface area (Å²) in [7, 11) is 1.40. The van der Waals surface area contributed by atoms with Gasteiger partial charge in [0.1, 0.15) is 17.4 Å². The minimum absolute atomic E-state index is 0.0213. The van der Waals surface area contributed by atoms with Crippen LogP contribution in [0.2, 0.25) is 5.02 Å². The maximum absolute atomic E-state index is 12.9. The van der Waals surface area contributed by atoms with Gasteiger partial charge in [0.05, 0.1) is 5.02 Å². The summed E-state index contributed by atoms with van der Waals surface area (Å²) in [4.78, 5) is 6.54. The Morgan fingerprint density at radius 1 is 1.19 bits per heavy atom. The van der Waals surface area contributed by atoms with Crippen molar-refractivity contribution in [3.05, 3.63) is 40.9 Å². The van der Waals surface area contributed by atoms with Gasteiger partial charge in [-0.1, -0.05) is 11.6 Å². The third-order valence-corrected chi connectivity index (χ3v) is 2.62. The Bertz CT molecular complexity index is 663. The maximum atomic E-state index is 12.9. The van der Waals surface area contributed by atoms with E-state index in [0.29, 0.717) is 0 Å². The molecule has 0 atom stereocenters. The molecule has 1 aromatic heterocycles. The average molecular weight is 322 g/mol. The van der Waals surface area contributed by atoms with Gasteiger partial charge < -0.3 is 10.1 Å². The number of anilines is 1. The van der Waals surface area contributed by atoms with Gasteiger partial charge in [-0.25, -0.2) is 9.37 Å². The Balaban J connectivity index is 2.39. The number of alkyl halides is 3. The molecule has 0 amide bonds. The summed E-state index contributed by atoms with van der Waals surface area (Å²) in [5, 5.41) is 2.38. The maximum Gasteiger partial charge on any atom is 0.451 e. The molecular formula is C12H8ClF4N3O. The Morgan fingerprint density at radius 2 is 1.90 bits per heavy atom. The van der Waals surface area contributed by atoms with Gasteiger partial charge in [-0.15, -0.1) is 0 Å². The number of nitrogens with one attached hydrogen (secondary N) is 1. The number of aromatic nitrogens is 2. The molecule has 0 bridgehead atoms. The summed E-state index contributed by atoms with van der Waals surface area (Å²) in [6, 6.07) is 4.38. The summed E-state index contributed by atoms with van der Waals surface area (Å²) in [5.74, 6) is -2.42. The standard InChI is InChI=1S/C12H8ClF4N3O/c1-18-9-5-10(20-11(19-9)12(15,16)17)21-8-3-2-6(14)4-7(8)13/h2-5H,1H3,(H,18,19,20). The Kier molecular flexibility index (Phi) is 4.17. The number of halogens is 5. The molecule has 4 nitrogen and oxygen atoms in total. The van der Waals surface area contributed by atoms with Gasteiger partial charge in [-0.3, -0.25) is 0 Å². The second-order valence-electron chi connectivity index (χ2n) is 3.84. The lowest BCUT2D eigenvalue weighted by Gasteiger charge is -2.11. The highest BCUT2D eigenvalue weighted by Crippen LogP contribution is 2.32. The number of ether oxygens (including phenoxy) is 1. The molecule has 2 rings (SSSR count). The van der Waals surface area contributed by atoms with Crippen LogP contribution in [-0.4, -0.2) is 17.0 Å². The highest BCUT2D eigenvalue weighted by molar-refractivity contribution is 6.32. The smallest absolute Gasteiger partial charge is 0.437 e. The second-order valence-corrected chi connectivity index (χ2v) is 4.25. The van der Waals surface area contributed by atoms with E-state index >= 15 is 0 Å². The van der Waals surface area contributed by atoms with Crippen LogP contribution in [0, 0.1) is 5.82 Å². The molecule has 0 aliphatic carbocycles. The predicted octanol–water partition coefficient (Wildman–Crippen LogP) is 4.12. The molecule has 0 spiro atoms. The lowest BCUT2D eigenvalue weighted by molar-refractivity contribution is -0.145. The fourth-order valence-electron chi connectivity index (χ4n) is 1.40. The lowest BCUT2D eigenvalue weighted by Crippen LogP contribution is -2.12. The molecule has 0 aliphatic rings. The quantitative estimate of drug-likeness (QED) is 0.864. The first-order valence-corrected chi connectivity index (χ1v) is 5.94. The summed E-state index contributed by atoms with van der Waals surface area (Å²) >= 11 is 5.74. The fraction of sp³-hybridized carbons (Fsp3) is 0.167. The van der Waals surface area contributed by atoms with Crippen LogP contribution in [0.3, 0.4) is 0 Å². The van der Waals surface area contributed by atoms with Crippen LogP contribution < -0.4 is 10.1 Å². The van der Waals surface area contributed by atoms with E-state index in [1.165, 1.54) is 13.1 Å². The fourth-order valence-corrected chi connectivity index (χ4v) is 1.61. The van der Waals surface area contributed by atoms with Gasteiger partial charge in [-0.05, 0) is 18.2 Å². The van der Waals surface area contributed by atoms with Crippen LogP contribution in [0.1, 0.15) is 5.82 Å². The zero-order valence-corrected chi connectivity index (χ0v) is 11.3. The van der Waals surface area contributed by atoms with Gasteiger partial charge in [0.25, 0.3) is 0 Å². The molecule has 0 fully saturated rings. The van der Waals surface area contributed by atoms with Crippen LogP contribution in [0.15, 0.2) is 24.3 Å². The molecule has 21 heavy (non-hydrogen) atoms. The van der Waals surface area contributed by atoms with Crippen molar-refractivity contribution in [1.82, 2.24) is 9.97 Å². The topological polar surface area (TPSA) is 47.0 Å². The highest BCUT2D eigenvalue weighted by Gasteiger charge is 2.35. The number of hydrogen-bond donors (Lipinski definition) is 1. The second kappa shape index (κ2) is 5.72. The highest BCUT2D eigenvalue weighted by atomic mass is 35.5. The van der Waals surface area contributed by atoms with Crippen molar-refractivity contribution in [3.63, 3.8) is 0 Å². The van der Waals surface area contributed by atoms with Crippen molar-refractivity contribution in [2.24, 2.45) is 0 Å². The van der Waals surface area contributed by atoms with E-state index in [1.54, 1.807) is 0 Å². The largest absolute Gasteiger partial charge is 0.451 e. The molecule has 0 unspecified atom stereocenters. The molecule has 2 aromatic rings. The third kappa shape index (κ3) is 3.72. The molecule has 0 saturated heterocycles. The van der Waals surface area contributed by atoms with Crippen LogP contribution in [0.5, 0.6) is 11.6 Å². The SMILES string of the molecule is CNc1cc(Oc2ccc(F)cc2Cl)nc(C(F)(F)F)n1. The minimum Gasteiger partial charge on any atom is -0.437 e. The van der Waals surface area contributed by atoms with Crippen molar-refractivity contribution in [1.29, 1.82) is 0 Å². The van der Waals surface area contributed by atoms with Gasteiger partial charge >= 0.3 is 6.18 Å². The Hall–Kier alpha value is -2.09. The van der Waals surface area contributed by atoms with Crippen molar-refractivity contribution >= 4 is 17.4 Å². The van der Waals surface area contributed by atoms with Crippen molar-refractivity contribution in [3.8, 4) is 11.6 Å². The van der Waals surface area contributed by atoms with Crippen molar-refractivity contribution < 1.29 is 22.3 Å². The minimum atomic E-state index is -4.72. The van der Waals surface area contributed by atoms with E-state index in [1.807, 2.05) is 0 Å². The van der Waals surface area contributed by atoms with E-state index in [2.05, 4.69) is 15.3 Å². The molecule has 0 saturated carbocycles. The molecule has 9 heteroatoms. The lowest BCUT2D eigenvalue weighted by atomic mass is 10.3. The van der Waals surface area contributed by atoms with Crippen LogP contribution in [0.25, 0.3) is 0 Å². The van der Waals surface area contributed by atoms with Crippen LogP contribution >= 0.6 is 11.6 Å². The van der Waals surface area contributed by atoms with Gasteiger partial charge in [0, 0.05) is 13.1 Å². The Morgan fingerprint density at radius 3 is 2.48 bits per heavy atom. The Labute approximate surface area is 121 Å². The number of benzene rings is 1. The first-order chi connectivity index (χ1) is 9.79. The first kappa shape index (κ1) is 15.3. The molecule has 0 aliphatic heterocycles. The van der Waals surface area contributed by atoms with E-state index in [-0.39, 0.29) is 22.5 Å². The molecule has 1 aromatic carbocycles. The summed E-state index contributed by atoms with van der Waals surface area (Å²) in [6.07, 6.45) is -4.72. The number of nitrogens with zero attached hydrogens (tertiary/aromatic N) is 2. The molecule has 1 heterocycles. The zero-order valence-electron chi connectivity index (χ0n) is 10.5. The third-order valence-electron chi connectivity index (χ3n) is 2.32. The van der Waals surface area contributed by atoms with Crippen molar-refractivity contribution in [2.75, 3.05) is 12.4 Å². The average Bonchev–Trinajstić information content (AvgIpc) is 2.40. The van der Waals surface area contributed by atoms with Crippen molar-refractivity contribution in [2.45, 2.75) is 6.18 Å². The van der Waals surface area contributed by atoms with E-state index in [0.717, 1.165) is 18.2 Å². The first-order valence-electron chi connectivity index (χ1n) is 5.56. The van der Waals surface area contributed by atoms with Gasteiger partial charge in [-0.2, -0.15) is 18.2 Å². The van der Waals surface area contributed by atoms with E-state index in [4.69, 9.17) is 16.3 Å². The van der Waals surface area contributed by atoms with E-state index < -0.39 is 17.8 Å². The molecule has 1 N–H and O–H groups in total. The van der Waals surface area contributed by atoms with Crippen LogP contribution in [-0.2, 0) is 6.18 Å². The normalized spacial score (nSPS) is 11.3. The summed E-state index contributed by atoms with van der Waals surface area (Å²) < 4.78 is 56.1. The molecule has 112 valence electrons. The van der Waals surface area contributed by atoms with E-state index in [9.17, 15) is 17.6 Å². The number of hydrogen-bond acceptors (Lipinski definition) is 4. The zero-order chi connectivity index (χ0) is 15.6. The molecule has 0 radical (unpaired) electrons. The van der Waals surface area contributed by atoms with Gasteiger partial charge in [0.15, 0.2) is 0 Å². The molecular weight excluding hydrogens is 314 g/mol. The number of rotatable bonds is 3. The predicted molar refractivity (Wildman–Crippen MR) is 68.1 cm³/mol. The summed E-state index contributed by atoms with van der Waals surface area (Å²) in [6.45, 7) is 0. The summed E-state index contributed by atoms with van der Waals surface area (Å²) in [5.41, 5.74) is 0.